The van der Waals surface area contributed by atoms with Crippen molar-refractivity contribution in [3.05, 3.63) is 207 Å². The van der Waals surface area contributed by atoms with Crippen molar-refractivity contribution in [3.8, 4) is 0 Å². The number of phosphoric acid groups is 2. The molecule has 0 aliphatic carbocycles. The number of esters is 3. The van der Waals surface area contributed by atoms with Crippen LogP contribution in [0.15, 0.2) is 207 Å². The fourth-order valence-corrected chi connectivity index (χ4v) is 13.3. The van der Waals surface area contributed by atoms with Gasteiger partial charge in [0.25, 0.3) is 0 Å². The SMILES string of the molecule is CC/C=C\C/C=C\C/C=C\C/C=C\C/C=C\C/C=C\CCCCCCCCCCCCCCCCCCC(=O)OCC(O)COP(=O)(O)OCC(O)COP(=O)(O)OCC(COC(=O)CCCCCCCCCCCCC/C=C\C/C=C\C/C=C\C/C=C\C/C=C\CC)OC(=O)CC/C=C\C/C=C\C/C=C\C/C=C\C/C=C\C/C=C\CC. The summed E-state index contributed by atoms with van der Waals surface area (Å²) >= 11 is 0. The molecule has 117 heavy (non-hydrogen) atoms. The van der Waals surface area contributed by atoms with Crippen LogP contribution in [0, 0.1) is 0 Å². The lowest BCUT2D eigenvalue weighted by atomic mass is 10.0. The van der Waals surface area contributed by atoms with Gasteiger partial charge in [0, 0.05) is 19.3 Å². The highest BCUT2D eigenvalue weighted by molar-refractivity contribution is 7.47. The molecule has 0 aromatic carbocycles. The van der Waals surface area contributed by atoms with Crippen molar-refractivity contribution >= 4 is 33.6 Å². The summed E-state index contributed by atoms with van der Waals surface area (Å²) in [6.07, 6.45) is 120. The van der Waals surface area contributed by atoms with Gasteiger partial charge >= 0.3 is 33.6 Å². The Morgan fingerprint density at radius 3 is 0.709 bits per heavy atom. The van der Waals surface area contributed by atoms with Crippen LogP contribution in [0.4, 0.5) is 0 Å². The molecule has 0 saturated heterocycles. The van der Waals surface area contributed by atoms with E-state index in [2.05, 4.69) is 209 Å². The van der Waals surface area contributed by atoms with Crippen molar-refractivity contribution in [3.63, 3.8) is 0 Å². The second-order valence-corrected chi connectivity index (χ2v) is 32.5. The Morgan fingerprint density at radius 2 is 0.444 bits per heavy atom. The number of rotatable bonds is 84. The Kier molecular flexibility index (Phi) is 84.9. The lowest BCUT2D eigenvalue weighted by Crippen LogP contribution is -2.29. The second kappa shape index (κ2) is 89.4. The monoisotopic (exact) mass is 1670 g/mol. The molecule has 4 N–H and O–H groups in total. The number of ether oxygens (including phenoxy) is 3. The molecule has 0 amide bonds. The van der Waals surface area contributed by atoms with Gasteiger partial charge in [0.2, 0.25) is 0 Å². The summed E-state index contributed by atoms with van der Waals surface area (Å²) in [5, 5.41) is 20.7. The third kappa shape index (κ3) is 90.7. The first kappa shape index (κ1) is 111. The Hall–Kier alpha value is -5.87. The van der Waals surface area contributed by atoms with Crippen LogP contribution in [0.1, 0.15) is 342 Å². The average Bonchev–Trinajstić information content (AvgIpc) is 0.904. The topological polar surface area (TPSA) is 231 Å². The maximum Gasteiger partial charge on any atom is 0.472 e. The molecule has 5 atom stereocenters. The van der Waals surface area contributed by atoms with Crippen LogP contribution in [0.5, 0.6) is 0 Å². The molecular weight excluding hydrogens is 1510 g/mol. The third-order valence-electron chi connectivity index (χ3n) is 18.5. The van der Waals surface area contributed by atoms with Crippen LogP contribution in [0.2, 0.25) is 0 Å². The fourth-order valence-electron chi connectivity index (χ4n) is 11.7. The van der Waals surface area contributed by atoms with E-state index in [1.165, 1.54) is 122 Å². The van der Waals surface area contributed by atoms with E-state index in [0.29, 0.717) is 25.7 Å². The van der Waals surface area contributed by atoms with Crippen molar-refractivity contribution < 1.29 is 75.8 Å². The van der Waals surface area contributed by atoms with Gasteiger partial charge in [-0.05, 0) is 154 Å². The molecule has 0 radical (unpaired) electrons. The van der Waals surface area contributed by atoms with Crippen molar-refractivity contribution in [2.75, 3.05) is 39.6 Å². The number of carbonyl (C=O) groups excluding carboxylic acids is 3. The van der Waals surface area contributed by atoms with Gasteiger partial charge in [-0.2, -0.15) is 0 Å². The van der Waals surface area contributed by atoms with E-state index in [1.807, 2.05) is 18.2 Å². The molecule has 5 unspecified atom stereocenters. The third-order valence-corrected chi connectivity index (χ3v) is 20.4. The standard InChI is InChI=1S/C99H162O16P2/c1-4-7-10-13-16-19-22-25-28-31-34-36-38-40-42-43-44-45-46-47-48-49-51-53-54-56-59-61-64-67-70-73-76-79-82-85-97(102)109-88-94(100)89-111-116(105,106)112-90-95(101)91-113-117(107,108)114-93-96(115-99(104)87-84-81-78-75-72-69-66-63-58-33-30-27-24-21-18-15-12-9-6-3)92-110-98(103)86-83-80-77-74-71-68-65-62-60-57-55-52-50-41-39-37-35-32-29-26-23-20-17-14-11-8-5-2/h7-12,16-21,25-30,34-37,40-42,44-45,50,58,63,69,72,78,81,94-96,100-101H,4-6,13-15,22-24,31-33,38-39,43,46-49,51-57,59-62,64-68,70-71,73-77,79-80,82-93H2,1-3H3,(H,105,106)(H,107,108)/b10-7-,11-8-,12-9-,19-16-,20-17-,21-18-,28-25-,29-26-,30-27-,36-34-,37-35-,42-40-,45-44-,50-41-,63-58-,72-69-,81-78-. The highest BCUT2D eigenvalue weighted by atomic mass is 31.2. The first-order valence-corrected chi connectivity index (χ1v) is 48.4. The lowest BCUT2D eigenvalue weighted by Gasteiger charge is -2.21. The molecule has 0 saturated carbocycles. The Labute approximate surface area is 711 Å². The molecule has 18 heteroatoms. The minimum absolute atomic E-state index is 0.0275. The smallest absolute Gasteiger partial charge is 0.463 e. The number of aliphatic hydroxyl groups excluding tert-OH is 2. The summed E-state index contributed by atoms with van der Waals surface area (Å²) < 4.78 is 61.3. The zero-order valence-corrected chi connectivity index (χ0v) is 74.8. The molecule has 0 spiro atoms. The van der Waals surface area contributed by atoms with Gasteiger partial charge in [-0.25, -0.2) is 9.13 Å². The van der Waals surface area contributed by atoms with Gasteiger partial charge in [0.05, 0.1) is 26.4 Å². The summed E-state index contributed by atoms with van der Waals surface area (Å²) in [5.41, 5.74) is 0. The van der Waals surface area contributed by atoms with Crippen LogP contribution in [-0.2, 0) is 55.8 Å². The molecule has 0 bridgehead atoms. The van der Waals surface area contributed by atoms with E-state index in [9.17, 15) is 43.5 Å². The number of allylic oxidation sites excluding steroid dienone is 34. The molecule has 0 aromatic rings. The average molecular weight is 1670 g/mol. The molecule has 16 nitrogen and oxygen atoms in total. The maximum atomic E-state index is 13.0. The largest absolute Gasteiger partial charge is 0.472 e. The fraction of sp³-hybridized carbons (Fsp3) is 0.626. The van der Waals surface area contributed by atoms with Gasteiger partial charge in [0.1, 0.15) is 25.4 Å². The normalized spacial score (nSPS) is 14.8. The molecule has 0 aliphatic rings. The summed E-state index contributed by atoms with van der Waals surface area (Å²) in [4.78, 5) is 58.9. The van der Waals surface area contributed by atoms with Gasteiger partial charge in [-0.3, -0.25) is 32.5 Å². The predicted molar refractivity (Wildman–Crippen MR) is 491 cm³/mol. The number of unbranched alkanes of at least 4 members (excludes halogenated alkanes) is 27. The highest BCUT2D eigenvalue weighted by Crippen LogP contribution is 2.45. The van der Waals surface area contributed by atoms with Crippen LogP contribution in [-0.4, -0.2) is 95.9 Å². The zero-order chi connectivity index (χ0) is 85.1. The van der Waals surface area contributed by atoms with Gasteiger partial charge < -0.3 is 34.2 Å². The highest BCUT2D eigenvalue weighted by Gasteiger charge is 2.29. The lowest BCUT2D eigenvalue weighted by molar-refractivity contribution is -0.161. The number of phosphoric ester groups is 2. The van der Waals surface area contributed by atoms with E-state index in [-0.39, 0.29) is 19.3 Å². The Balaban J connectivity index is 4.57. The van der Waals surface area contributed by atoms with E-state index in [1.54, 1.807) is 0 Å². The molecule has 0 fully saturated rings. The minimum Gasteiger partial charge on any atom is -0.463 e. The quantitative estimate of drug-likeness (QED) is 0.0146. The summed E-state index contributed by atoms with van der Waals surface area (Å²) in [5.74, 6) is -1.68. The first-order chi connectivity index (χ1) is 57.2. The maximum absolute atomic E-state index is 13.0. The van der Waals surface area contributed by atoms with Crippen LogP contribution in [0.25, 0.3) is 0 Å². The first-order valence-electron chi connectivity index (χ1n) is 45.4. The zero-order valence-electron chi connectivity index (χ0n) is 73.0. The molecule has 0 aromatic heterocycles. The van der Waals surface area contributed by atoms with Crippen molar-refractivity contribution in [1.29, 1.82) is 0 Å². The molecule has 0 rings (SSSR count). The number of aliphatic hydroxyl groups is 2. The Bertz CT molecular complexity index is 2960. The van der Waals surface area contributed by atoms with Crippen LogP contribution < -0.4 is 0 Å². The molecule has 0 aliphatic heterocycles. The molecule has 0 heterocycles. The summed E-state index contributed by atoms with van der Waals surface area (Å²) in [7, 11) is -9.84. The van der Waals surface area contributed by atoms with E-state index in [0.717, 1.165) is 154 Å². The predicted octanol–water partition coefficient (Wildman–Crippen LogP) is 28.0. The van der Waals surface area contributed by atoms with Crippen LogP contribution in [0.3, 0.4) is 0 Å². The van der Waals surface area contributed by atoms with Crippen molar-refractivity contribution in [2.24, 2.45) is 0 Å². The van der Waals surface area contributed by atoms with Crippen molar-refractivity contribution in [1.82, 2.24) is 0 Å². The van der Waals surface area contributed by atoms with E-state index >= 15 is 0 Å². The Morgan fingerprint density at radius 1 is 0.239 bits per heavy atom. The number of hydrogen-bond donors (Lipinski definition) is 4. The van der Waals surface area contributed by atoms with E-state index in [4.69, 9.17) is 32.3 Å². The number of carbonyl (C=O) groups is 3. The van der Waals surface area contributed by atoms with E-state index < -0.39 is 91.5 Å². The van der Waals surface area contributed by atoms with Gasteiger partial charge in [0.15, 0.2) is 6.10 Å². The summed E-state index contributed by atoms with van der Waals surface area (Å²) in [6, 6.07) is 0. The number of hydrogen-bond acceptors (Lipinski definition) is 14. The summed E-state index contributed by atoms with van der Waals surface area (Å²) in [6.45, 7) is 2.26. The van der Waals surface area contributed by atoms with Crippen molar-refractivity contribution in [2.45, 2.75) is 360 Å². The van der Waals surface area contributed by atoms with Crippen LogP contribution >= 0.6 is 15.6 Å². The van der Waals surface area contributed by atoms with Gasteiger partial charge in [-0.15, -0.1) is 0 Å². The second-order valence-electron chi connectivity index (χ2n) is 29.6. The van der Waals surface area contributed by atoms with Gasteiger partial charge in [-0.1, -0.05) is 375 Å². The minimum atomic E-state index is -4.97. The molecular formula is C99H162O16P2. The molecule has 664 valence electrons.